The quantitative estimate of drug-likeness (QED) is 0.540. The zero-order chi connectivity index (χ0) is 16.2. The number of hydrogen-bond acceptors (Lipinski definition) is 7. The minimum Gasteiger partial charge on any atom is -0.465 e. The number of hydrogen-bond donors (Lipinski definition) is 2. The van der Waals surface area contributed by atoms with Crippen molar-refractivity contribution in [3.63, 3.8) is 0 Å². The van der Waals surface area contributed by atoms with Gasteiger partial charge in [-0.1, -0.05) is 35.5 Å². The molecule has 0 fully saturated rings. The Hall–Kier alpha value is -3.00. The lowest BCUT2D eigenvalue weighted by molar-refractivity contribution is 0.0602. The fraction of sp³-hybridized carbons (Fsp3) is 0.200. The van der Waals surface area contributed by atoms with Crippen molar-refractivity contribution in [3.8, 4) is 0 Å². The second kappa shape index (κ2) is 6.41. The number of pyridine rings is 1. The van der Waals surface area contributed by atoms with Crippen molar-refractivity contribution in [1.82, 2.24) is 25.4 Å². The number of carbonyl (C=O) groups is 1. The third-order valence-corrected chi connectivity index (χ3v) is 3.36. The van der Waals surface area contributed by atoms with Crippen LogP contribution in [0.5, 0.6) is 0 Å². The van der Waals surface area contributed by atoms with Gasteiger partial charge in [0.2, 0.25) is 0 Å². The van der Waals surface area contributed by atoms with Gasteiger partial charge in [-0.25, -0.2) is 19.9 Å². The maximum Gasteiger partial charge on any atom is 0.341 e. The summed E-state index contributed by atoms with van der Waals surface area (Å²) in [6.07, 6.45) is 1.46. The van der Waals surface area contributed by atoms with Gasteiger partial charge in [-0.2, -0.15) is 0 Å². The molecule has 0 aliphatic heterocycles. The van der Waals surface area contributed by atoms with Crippen LogP contribution in [-0.2, 0) is 11.3 Å². The second-order valence-electron chi connectivity index (χ2n) is 4.82. The standard InChI is InChI=1S/C15H16N6O2/c1-16-19-14-12-13(11(8-17-14)15(22)23-2)21(20-18-12)9-10-6-4-3-5-7-10/h3-8,16H,9H2,1-2H3,(H,17,19). The lowest BCUT2D eigenvalue weighted by atomic mass is 10.2. The highest BCUT2D eigenvalue weighted by Gasteiger charge is 2.20. The molecule has 0 aliphatic carbocycles. The summed E-state index contributed by atoms with van der Waals surface area (Å²) in [6, 6.07) is 9.82. The Labute approximate surface area is 132 Å². The van der Waals surface area contributed by atoms with E-state index in [1.165, 1.54) is 13.3 Å². The predicted molar refractivity (Wildman–Crippen MR) is 84.9 cm³/mol. The molecule has 0 amide bonds. The minimum atomic E-state index is -0.477. The molecule has 0 atom stereocenters. The van der Waals surface area contributed by atoms with Crippen molar-refractivity contribution < 1.29 is 9.53 Å². The molecule has 23 heavy (non-hydrogen) atoms. The Morgan fingerprint density at radius 2 is 2.09 bits per heavy atom. The number of fused-ring (bicyclic) bond motifs is 1. The van der Waals surface area contributed by atoms with Crippen LogP contribution in [0.1, 0.15) is 15.9 Å². The highest BCUT2D eigenvalue weighted by molar-refractivity contribution is 6.04. The maximum atomic E-state index is 12.0. The van der Waals surface area contributed by atoms with Gasteiger partial charge < -0.3 is 10.2 Å². The molecule has 0 aliphatic rings. The summed E-state index contributed by atoms with van der Waals surface area (Å²) in [5.74, 6) is 0.0181. The molecule has 2 aromatic heterocycles. The van der Waals surface area contributed by atoms with Crippen LogP contribution in [0.3, 0.4) is 0 Å². The highest BCUT2D eigenvalue weighted by atomic mass is 16.5. The molecule has 8 nitrogen and oxygen atoms in total. The van der Waals surface area contributed by atoms with Crippen molar-refractivity contribution in [2.75, 3.05) is 19.6 Å². The fourth-order valence-corrected chi connectivity index (χ4v) is 2.33. The van der Waals surface area contributed by atoms with Crippen LogP contribution >= 0.6 is 0 Å². The largest absolute Gasteiger partial charge is 0.465 e. The number of hydrazine groups is 1. The average Bonchev–Trinajstić information content (AvgIpc) is 3.00. The van der Waals surface area contributed by atoms with Crippen LogP contribution in [-0.4, -0.2) is 40.1 Å². The lowest BCUT2D eigenvalue weighted by Crippen LogP contribution is -2.17. The van der Waals surface area contributed by atoms with E-state index in [2.05, 4.69) is 26.1 Å². The average molecular weight is 312 g/mol. The molecule has 118 valence electrons. The number of esters is 1. The monoisotopic (exact) mass is 312 g/mol. The van der Waals surface area contributed by atoms with Gasteiger partial charge in [-0.15, -0.1) is 5.10 Å². The minimum absolute atomic E-state index is 0.324. The Balaban J connectivity index is 2.14. The first kappa shape index (κ1) is 14.9. The maximum absolute atomic E-state index is 12.0. The topological polar surface area (TPSA) is 94.0 Å². The second-order valence-corrected chi connectivity index (χ2v) is 4.82. The molecule has 2 N–H and O–H groups in total. The van der Waals surface area contributed by atoms with E-state index in [1.807, 2.05) is 30.3 Å². The third-order valence-electron chi connectivity index (χ3n) is 3.36. The molecule has 0 bridgehead atoms. The van der Waals surface area contributed by atoms with E-state index in [9.17, 15) is 4.79 Å². The molecule has 8 heteroatoms. The molecule has 0 saturated heterocycles. The van der Waals surface area contributed by atoms with Crippen LogP contribution < -0.4 is 10.9 Å². The van der Waals surface area contributed by atoms with Gasteiger partial charge in [0, 0.05) is 13.2 Å². The predicted octanol–water partition coefficient (Wildman–Crippen LogP) is 1.21. The van der Waals surface area contributed by atoms with E-state index in [-0.39, 0.29) is 0 Å². The van der Waals surface area contributed by atoms with Gasteiger partial charge in [0.05, 0.1) is 13.7 Å². The van der Waals surface area contributed by atoms with Crippen molar-refractivity contribution in [2.24, 2.45) is 0 Å². The number of benzene rings is 1. The third kappa shape index (κ3) is 2.84. The Kier molecular flexibility index (Phi) is 4.15. The summed E-state index contributed by atoms with van der Waals surface area (Å²) in [4.78, 5) is 16.2. The molecule has 2 heterocycles. The van der Waals surface area contributed by atoms with Gasteiger partial charge in [-0.3, -0.25) is 0 Å². The van der Waals surface area contributed by atoms with Crippen LogP contribution in [0.4, 0.5) is 5.82 Å². The number of nitrogens with zero attached hydrogens (tertiary/aromatic N) is 4. The Bertz CT molecular complexity index is 831. The zero-order valence-electron chi connectivity index (χ0n) is 12.8. The molecule has 3 rings (SSSR count). The fourth-order valence-electron chi connectivity index (χ4n) is 2.33. The van der Waals surface area contributed by atoms with Crippen LogP contribution in [0.25, 0.3) is 11.0 Å². The molecule has 0 unspecified atom stereocenters. The van der Waals surface area contributed by atoms with E-state index in [0.717, 1.165) is 5.56 Å². The summed E-state index contributed by atoms with van der Waals surface area (Å²) < 4.78 is 6.50. The summed E-state index contributed by atoms with van der Waals surface area (Å²) in [5.41, 5.74) is 8.13. The van der Waals surface area contributed by atoms with Crippen molar-refractivity contribution >= 4 is 22.8 Å². The highest BCUT2D eigenvalue weighted by Crippen LogP contribution is 2.23. The number of ether oxygens (including phenoxy) is 1. The number of carbonyl (C=O) groups excluding carboxylic acids is 1. The summed E-state index contributed by atoms with van der Waals surface area (Å²) in [5, 5.41) is 8.31. The summed E-state index contributed by atoms with van der Waals surface area (Å²) in [6.45, 7) is 0.490. The first-order valence-corrected chi connectivity index (χ1v) is 7.01. The smallest absolute Gasteiger partial charge is 0.341 e. The molecule has 1 aromatic carbocycles. The van der Waals surface area contributed by atoms with Crippen molar-refractivity contribution in [3.05, 3.63) is 47.7 Å². The van der Waals surface area contributed by atoms with Gasteiger partial charge in [0.25, 0.3) is 0 Å². The van der Waals surface area contributed by atoms with Gasteiger partial charge in [-0.05, 0) is 5.56 Å². The van der Waals surface area contributed by atoms with E-state index in [0.29, 0.717) is 29.0 Å². The van der Waals surface area contributed by atoms with Crippen molar-refractivity contribution in [1.29, 1.82) is 0 Å². The number of methoxy groups -OCH3 is 1. The SMILES string of the molecule is CNNc1ncc(C(=O)OC)c2c1nnn2Cc1ccccc1. The van der Waals surface area contributed by atoms with Gasteiger partial charge in [0.15, 0.2) is 11.3 Å². The Morgan fingerprint density at radius 3 is 2.78 bits per heavy atom. The van der Waals surface area contributed by atoms with E-state index >= 15 is 0 Å². The summed E-state index contributed by atoms with van der Waals surface area (Å²) in [7, 11) is 3.05. The number of nitrogens with one attached hydrogen (secondary N) is 2. The molecule has 0 radical (unpaired) electrons. The first-order valence-electron chi connectivity index (χ1n) is 7.01. The number of aromatic nitrogens is 4. The normalized spacial score (nSPS) is 10.7. The molecule has 0 saturated carbocycles. The van der Waals surface area contributed by atoms with Gasteiger partial charge in [0.1, 0.15) is 11.1 Å². The zero-order valence-corrected chi connectivity index (χ0v) is 12.8. The molecule has 0 spiro atoms. The van der Waals surface area contributed by atoms with Crippen LogP contribution in [0, 0.1) is 0 Å². The number of anilines is 1. The van der Waals surface area contributed by atoms with Crippen molar-refractivity contribution in [2.45, 2.75) is 6.54 Å². The lowest BCUT2D eigenvalue weighted by Gasteiger charge is -2.08. The molecular formula is C15H16N6O2. The van der Waals surface area contributed by atoms with E-state index in [1.54, 1.807) is 11.7 Å². The number of rotatable bonds is 5. The van der Waals surface area contributed by atoms with E-state index < -0.39 is 5.97 Å². The van der Waals surface area contributed by atoms with Crippen LogP contribution in [0.2, 0.25) is 0 Å². The first-order chi connectivity index (χ1) is 11.2. The van der Waals surface area contributed by atoms with Crippen LogP contribution in [0.15, 0.2) is 36.5 Å². The molecule has 3 aromatic rings. The van der Waals surface area contributed by atoms with E-state index in [4.69, 9.17) is 4.74 Å². The summed E-state index contributed by atoms with van der Waals surface area (Å²) >= 11 is 0. The Morgan fingerprint density at radius 1 is 1.30 bits per heavy atom. The van der Waals surface area contributed by atoms with Gasteiger partial charge >= 0.3 is 5.97 Å². The molecular weight excluding hydrogens is 296 g/mol.